The van der Waals surface area contributed by atoms with E-state index >= 15 is 0 Å². The van der Waals surface area contributed by atoms with Crippen LogP contribution < -0.4 is 15.0 Å². The Kier molecular flexibility index (Phi) is 8.92. The lowest BCUT2D eigenvalue weighted by Crippen LogP contribution is -2.58. The number of likely N-dealkylation sites (tertiary alicyclic amines) is 1. The van der Waals surface area contributed by atoms with Gasteiger partial charge in [0.05, 0.1) is 23.8 Å². The van der Waals surface area contributed by atoms with Crippen LogP contribution in [0.5, 0.6) is 5.75 Å². The van der Waals surface area contributed by atoms with Crippen LogP contribution in [0.4, 0.5) is 28.0 Å². The topological polar surface area (TPSA) is 128 Å². The molecule has 1 aromatic heterocycles. The van der Waals surface area contributed by atoms with Gasteiger partial charge >= 0.3 is 12.4 Å². The SMILES string of the molecule is CCC.CN1C(=O)N(c2ccc3[nH]ncc3c2)C2(CCN(C(=O)CNC(=O)c3cc(OC(F)(F)F)ccc3F)CC2)C1=O. The second-order valence-corrected chi connectivity index (χ2v) is 10.1. The molecule has 0 radical (unpaired) electrons. The molecule has 11 nitrogen and oxygen atoms in total. The second kappa shape index (κ2) is 12.3. The molecule has 2 saturated heterocycles. The molecule has 2 aliphatic heterocycles. The predicted molar refractivity (Wildman–Crippen MR) is 147 cm³/mol. The molecular formula is C28H30F4N6O5. The van der Waals surface area contributed by atoms with Gasteiger partial charge in [0.2, 0.25) is 5.91 Å². The number of halogens is 4. The maximum Gasteiger partial charge on any atom is 0.573 e. The van der Waals surface area contributed by atoms with E-state index in [-0.39, 0.29) is 25.9 Å². The fourth-order valence-corrected chi connectivity index (χ4v) is 5.06. The van der Waals surface area contributed by atoms with E-state index in [0.717, 1.165) is 21.9 Å². The summed E-state index contributed by atoms with van der Waals surface area (Å²) in [5, 5.41) is 9.75. The van der Waals surface area contributed by atoms with Crippen LogP contribution in [0.2, 0.25) is 0 Å². The summed E-state index contributed by atoms with van der Waals surface area (Å²) < 4.78 is 55.2. The molecule has 1 spiro atoms. The molecule has 15 heteroatoms. The number of piperidine rings is 1. The maximum atomic E-state index is 14.1. The van der Waals surface area contributed by atoms with Gasteiger partial charge in [-0.2, -0.15) is 5.10 Å². The number of rotatable bonds is 5. The van der Waals surface area contributed by atoms with Crippen molar-refractivity contribution in [3.63, 3.8) is 0 Å². The van der Waals surface area contributed by atoms with Crippen LogP contribution in [0.1, 0.15) is 43.5 Å². The highest BCUT2D eigenvalue weighted by atomic mass is 19.4. The number of carbonyl (C=O) groups excluding carboxylic acids is 4. The monoisotopic (exact) mass is 606 g/mol. The van der Waals surface area contributed by atoms with Crippen molar-refractivity contribution < 1.29 is 41.5 Å². The highest BCUT2D eigenvalue weighted by Crippen LogP contribution is 2.40. The summed E-state index contributed by atoms with van der Waals surface area (Å²) in [5.41, 5.74) is -0.685. The number of amides is 5. The lowest BCUT2D eigenvalue weighted by molar-refractivity contribution is -0.274. The molecule has 2 aromatic carbocycles. The second-order valence-electron chi connectivity index (χ2n) is 10.1. The number of hydrogen-bond donors (Lipinski definition) is 2. The molecule has 0 saturated carbocycles. The summed E-state index contributed by atoms with van der Waals surface area (Å²) >= 11 is 0. The number of hydrogen-bond acceptors (Lipinski definition) is 6. The molecule has 3 aromatic rings. The lowest BCUT2D eigenvalue weighted by atomic mass is 9.85. The molecular weight excluding hydrogens is 576 g/mol. The van der Waals surface area contributed by atoms with E-state index in [1.807, 2.05) is 0 Å². The zero-order valence-electron chi connectivity index (χ0n) is 23.6. The normalized spacial score (nSPS) is 16.4. The summed E-state index contributed by atoms with van der Waals surface area (Å²) in [6, 6.07) is 6.64. The van der Waals surface area contributed by atoms with Gasteiger partial charge in [0, 0.05) is 31.2 Å². The van der Waals surface area contributed by atoms with Gasteiger partial charge in [-0.05, 0) is 49.2 Å². The van der Waals surface area contributed by atoms with Crippen LogP contribution in [-0.2, 0) is 9.59 Å². The average Bonchev–Trinajstić information content (AvgIpc) is 3.50. The van der Waals surface area contributed by atoms with Crippen LogP contribution in [0.3, 0.4) is 0 Å². The number of aromatic amines is 1. The summed E-state index contributed by atoms with van der Waals surface area (Å²) in [6.45, 7) is 3.84. The molecule has 43 heavy (non-hydrogen) atoms. The van der Waals surface area contributed by atoms with Crippen molar-refractivity contribution in [3.05, 3.63) is 54.0 Å². The number of nitrogens with one attached hydrogen (secondary N) is 2. The summed E-state index contributed by atoms with van der Waals surface area (Å²) in [4.78, 5) is 55.4. The number of nitrogens with zero attached hydrogens (tertiary/aromatic N) is 4. The van der Waals surface area contributed by atoms with E-state index in [4.69, 9.17) is 0 Å². The Morgan fingerprint density at radius 2 is 1.77 bits per heavy atom. The van der Waals surface area contributed by atoms with E-state index in [2.05, 4.69) is 34.1 Å². The first kappa shape index (κ1) is 31.3. The molecule has 0 atom stereocenters. The first-order valence-electron chi connectivity index (χ1n) is 13.5. The summed E-state index contributed by atoms with van der Waals surface area (Å²) in [7, 11) is 1.39. The van der Waals surface area contributed by atoms with Crippen LogP contribution in [0, 0.1) is 5.82 Å². The predicted octanol–water partition coefficient (Wildman–Crippen LogP) is 4.21. The van der Waals surface area contributed by atoms with Gasteiger partial charge in [0.15, 0.2) is 0 Å². The minimum Gasteiger partial charge on any atom is -0.406 e. The quantitative estimate of drug-likeness (QED) is 0.331. The fourth-order valence-electron chi connectivity index (χ4n) is 5.06. The standard InChI is InChI=1S/C25H22F4N6O5.C3H8/c1-33-22(38)24(35(23(33)39)15-2-5-19-14(10-15)12-31-32-19)6-8-34(9-7-24)20(36)13-30-21(37)17-11-16(3-4-18(17)26)40-25(27,28)29;1-3-2/h2-5,10-12H,6-9,13H2,1H3,(H,30,37)(H,31,32);3H2,1-2H3. The highest BCUT2D eigenvalue weighted by Gasteiger charge is 2.57. The molecule has 0 unspecified atom stereocenters. The number of benzene rings is 2. The Labute approximate surface area is 243 Å². The highest BCUT2D eigenvalue weighted by molar-refractivity contribution is 6.17. The zero-order valence-corrected chi connectivity index (χ0v) is 23.6. The van der Waals surface area contributed by atoms with Gasteiger partial charge in [-0.3, -0.25) is 29.3 Å². The van der Waals surface area contributed by atoms with Gasteiger partial charge in [-0.25, -0.2) is 9.18 Å². The van der Waals surface area contributed by atoms with Crippen molar-refractivity contribution >= 4 is 40.3 Å². The van der Waals surface area contributed by atoms with Crippen molar-refractivity contribution in [3.8, 4) is 5.75 Å². The van der Waals surface area contributed by atoms with Crippen LogP contribution in [0.25, 0.3) is 10.9 Å². The van der Waals surface area contributed by atoms with E-state index in [1.165, 1.54) is 23.3 Å². The number of urea groups is 1. The first-order chi connectivity index (χ1) is 20.3. The van der Waals surface area contributed by atoms with Crippen molar-refractivity contribution in [2.45, 2.75) is 45.0 Å². The van der Waals surface area contributed by atoms with Crippen molar-refractivity contribution in [1.29, 1.82) is 0 Å². The Morgan fingerprint density at radius 1 is 1.09 bits per heavy atom. The molecule has 5 amide bonds. The number of likely N-dealkylation sites (N-methyl/N-ethyl adjacent to an activating group) is 1. The number of aromatic nitrogens is 2. The summed E-state index contributed by atoms with van der Waals surface area (Å²) in [6.07, 6.45) is -1.94. The van der Waals surface area contributed by atoms with Crippen molar-refractivity contribution in [2.75, 3.05) is 31.6 Å². The maximum absolute atomic E-state index is 14.1. The minimum absolute atomic E-state index is 0.0787. The van der Waals surface area contributed by atoms with Gasteiger partial charge in [0.1, 0.15) is 17.1 Å². The summed E-state index contributed by atoms with van der Waals surface area (Å²) in [5.74, 6) is -3.94. The number of carbonyl (C=O) groups is 4. The molecule has 230 valence electrons. The molecule has 2 aliphatic rings. The molecule has 2 N–H and O–H groups in total. The van der Waals surface area contributed by atoms with Crippen molar-refractivity contribution in [1.82, 2.24) is 25.3 Å². The number of anilines is 1. The third-order valence-corrected chi connectivity index (χ3v) is 7.05. The molecule has 3 heterocycles. The van der Waals surface area contributed by atoms with Gasteiger partial charge in [0.25, 0.3) is 11.8 Å². The van der Waals surface area contributed by atoms with E-state index in [0.29, 0.717) is 17.8 Å². The van der Waals surface area contributed by atoms with Crippen LogP contribution >= 0.6 is 0 Å². The number of fused-ring (bicyclic) bond motifs is 1. The lowest BCUT2D eigenvalue weighted by Gasteiger charge is -2.42. The number of ether oxygens (including phenoxy) is 1. The minimum atomic E-state index is -5.03. The van der Waals surface area contributed by atoms with Gasteiger partial charge < -0.3 is 15.0 Å². The van der Waals surface area contributed by atoms with E-state index in [1.54, 1.807) is 24.4 Å². The third kappa shape index (κ3) is 6.39. The van der Waals surface area contributed by atoms with Crippen LogP contribution in [0.15, 0.2) is 42.6 Å². The fraction of sp³-hybridized carbons (Fsp3) is 0.393. The number of imide groups is 1. The molecule has 5 rings (SSSR count). The molecule has 0 bridgehead atoms. The number of H-pyrrole nitrogens is 1. The van der Waals surface area contributed by atoms with Gasteiger partial charge in [-0.1, -0.05) is 20.3 Å². The smallest absolute Gasteiger partial charge is 0.406 e. The zero-order chi connectivity index (χ0) is 31.5. The number of alkyl halides is 3. The first-order valence-corrected chi connectivity index (χ1v) is 13.5. The molecule has 2 fully saturated rings. The Bertz CT molecular complexity index is 1530. The van der Waals surface area contributed by atoms with E-state index in [9.17, 15) is 36.7 Å². The Hall–Kier alpha value is -4.69. The van der Waals surface area contributed by atoms with Crippen LogP contribution in [-0.4, -0.2) is 82.3 Å². The Morgan fingerprint density at radius 3 is 2.42 bits per heavy atom. The molecule has 0 aliphatic carbocycles. The Balaban J connectivity index is 0.00000135. The van der Waals surface area contributed by atoms with Gasteiger partial charge in [-0.15, -0.1) is 13.2 Å². The largest absolute Gasteiger partial charge is 0.573 e. The van der Waals surface area contributed by atoms with E-state index < -0.39 is 59.3 Å². The third-order valence-electron chi connectivity index (χ3n) is 7.05. The average molecular weight is 607 g/mol. The van der Waals surface area contributed by atoms with Crippen molar-refractivity contribution in [2.24, 2.45) is 0 Å².